The van der Waals surface area contributed by atoms with E-state index in [4.69, 9.17) is 9.97 Å². The van der Waals surface area contributed by atoms with Gasteiger partial charge in [0.05, 0.1) is 11.4 Å². The SMILES string of the molecule is C[C@H]1C(=O)CC[C@@]2(C)c3nc(C4CCCCC4)nc(-c4ccccc4)c3CC[C@H]12. The maximum absolute atomic E-state index is 12.5. The van der Waals surface area contributed by atoms with Crippen LogP contribution in [0.5, 0.6) is 0 Å². The van der Waals surface area contributed by atoms with Crippen molar-refractivity contribution in [1.29, 1.82) is 0 Å². The number of fused-ring (bicyclic) bond motifs is 3. The zero-order valence-corrected chi connectivity index (χ0v) is 17.8. The van der Waals surface area contributed by atoms with Gasteiger partial charge in [-0.25, -0.2) is 9.97 Å². The second kappa shape index (κ2) is 7.34. The van der Waals surface area contributed by atoms with Crippen LogP contribution < -0.4 is 0 Å². The Labute approximate surface area is 174 Å². The van der Waals surface area contributed by atoms with E-state index in [0.717, 1.165) is 30.8 Å². The highest BCUT2D eigenvalue weighted by molar-refractivity contribution is 5.82. The van der Waals surface area contributed by atoms with Crippen molar-refractivity contribution < 1.29 is 4.79 Å². The molecule has 5 rings (SSSR count). The maximum atomic E-state index is 12.5. The zero-order chi connectivity index (χ0) is 20.0. The fourth-order valence-electron chi connectivity index (χ4n) is 6.32. The normalized spacial score (nSPS) is 29.9. The predicted octanol–water partition coefficient (Wildman–Crippen LogP) is 6.01. The Balaban J connectivity index is 1.68. The molecule has 3 nitrogen and oxygen atoms in total. The third kappa shape index (κ3) is 3.14. The van der Waals surface area contributed by atoms with Crippen molar-refractivity contribution >= 4 is 5.78 Å². The van der Waals surface area contributed by atoms with Crippen molar-refractivity contribution in [3.05, 3.63) is 47.4 Å². The highest BCUT2D eigenvalue weighted by Gasteiger charge is 2.49. The van der Waals surface area contributed by atoms with Crippen LogP contribution in [0.25, 0.3) is 11.3 Å². The molecule has 2 saturated carbocycles. The third-order valence-electron chi connectivity index (χ3n) is 8.11. The van der Waals surface area contributed by atoms with Gasteiger partial charge in [0.2, 0.25) is 0 Å². The molecule has 2 aromatic rings. The average molecular weight is 389 g/mol. The number of carbonyl (C=O) groups excluding carboxylic acids is 1. The fourth-order valence-corrected chi connectivity index (χ4v) is 6.32. The fraction of sp³-hybridized carbons (Fsp3) is 0.577. The molecule has 3 aliphatic carbocycles. The van der Waals surface area contributed by atoms with Crippen molar-refractivity contribution in [1.82, 2.24) is 9.97 Å². The van der Waals surface area contributed by atoms with Crippen molar-refractivity contribution in [2.45, 2.75) is 83.0 Å². The highest BCUT2D eigenvalue weighted by atomic mass is 16.1. The summed E-state index contributed by atoms with van der Waals surface area (Å²) in [7, 11) is 0. The van der Waals surface area contributed by atoms with E-state index in [1.807, 2.05) is 0 Å². The molecule has 3 heteroatoms. The minimum atomic E-state index is -0.00318. The summed E-state index contributed by atoms with van der Waals surface area (Å²) in [5.74, 6) is 2.56. The Kier molecular flexibility index (Phi) is 4.80. The van der Waals surface area contributed by atoms with Crippen LogP contribution in [0.4, 0.5) is 0 Å². The minimum Gasteiger partial charge on any atom is -0.299 e. The molecule has 1 aromatic heterocycles. The van der Waals surface area contributed by atoms with Crippen LogP contribution >= 0.6 is 0 Å². The monoisotopic (exact) mass is 388 g/mol. The molecule has 1 heterocycles. The van der Waals surface area contributed by atoms with Crippen LogP contribution in [0, 0.1) is 11.8 Å². The zero-order valence-electron chi connectivity index (χ0n) is 17.8. The van der Waals surface area contributed by atoms with E-state index in [-0.39, 0.29) is 11.3 Å². The Morgan fingerprint density at radius 3 is 2.48 bits per heavy atom. The summed E-state index contributed by atoms with van der Waals surface area (Å²) in [4.78, 5) is 23.0. The third-order valence-corrected chi connectivity index (χ3v) is 8.11. The summed E-state index contributed by atoms with van der Waals surface area (Å²) in [5.41, 5.74) is 4.97. The standard InChI is InChI=1S/C26H32N2O/c1-17-21-14-13-20-23(18-9-5-3-6-10-18)27-25(19-11-7-4-8-12-19)28-24(20)26(21,2)16-15-22(17)29/h3,5-6,9-10,17,19,21H,4,7-8,11-16H2,1-2H3/t17-,21-,26-/m1/s1. The van der Waals surface area contributed by atoms with Gasteiger partial charge in [-0.3, -0.25) is 4.79 Å². The van der Waals surface area contributed by atoms with Gasteiger partial charge in [-0.2, -0.15) is 0 Å². The molecule has 0 radical (unpaired) electrons. The minimum absolute atomic E-state index is 0.00318. The van der Waals surface area contributed by atoms with Crippen LogP contribution in [-0.2, 0) is 16.6 Å². The summed E-state index contributed by atoms with van der Waals surface area (Å²) in [5, 5.41) is 0. The molecule has 3 atom stereocenters. The van der Waals surface area contributed by atoms with Gasteiger partial charge in [0, 0.05) is 34.8 Å². The second-order valence-corrected chi connectivity index (χ2v) is 9.78. The van der Waals surface area contributed by atoms with Gasteiger partial charge in [-0.1, -0.05) is 63.4 Å². The van der Waals surface area contributed by atoms with Gasteiger partial charge in [-0.05, 0) is 38.0 Å². The summed E-state index contributed by atoms with van der Waals surface area (Å²) < 4.78 is 0. The number of hydrogen-bond donors (Lipinski definition) is 0. The average Bonchev–Trinajstić information content (AvgIpc) is 2.77. The quantitative estimate of drug-likeness (QED) is 0.633. The lowest BCUT2D eigenvalue weighted by molar-refractivity contribution is -0.128. The Hall–Kier alpha value is -2.03. The Morgan fingerprint density at radius 1 is 0.966 bits per heavy atom. The summed E-state index contributed by atoms with van der Waals surface area (Å²) >= 11 is 0. The molecular weight excluding hydrogens is 356 g/mol. The van der Waals surface area contributed by atoms with E-state index in [2.05, 4.69) is 44.2 Å². The molecule has 1 aromatic carbocycles. The van der Waals surface area contributed by atoms with Crippen LogP contribution in [-0.4, -0.2) is 15.8 Å². The molecule has 0 unspecified atom stereocenters. The molecule has 0 aliphatic heterocycles. The number of nitrogens with zero attached hydrogens (tertiary/aromatic N) is 2. The first-order valence-electron chi connectivity index (χ1n) is 11.6. The summed E-state index contributed by atoms with van der Waals surface area (Å²) in [6.07, 6.45) is 10.0. The predicted molar refractivity (Wildman–Crippen MR) is 116 cm³/mol. The second-order valence-electron chi connectivity index (χ2n) is 9.78. The molecule has 0 saturated heterocycles. The van der Waals surface area contributed by atoms with Gasteiger partial charge < -0.3 is 0 Å². The number of carbonyl (C=O) groups is 1. The van der Waals surface area contributed by atoms with E-state index in [1.165, 1.54) is 48.9 Å². The largest absolute Gasteiger partial charge is 0.299 e. The summed E-state index contributed by atoms with van der Waals surface area (Å²) in [6.45, 7) is 4.53. The first-order valence-corrected chi connectivity index (χ1v) is 11.6. The summed E-state index contributed by atoms with van der Waals surface area (Å²) in [6, 6.07) is 10.7. The van der Waals surface area contributed by atoms with Gasteiger partial charge in [0.25, 0.3) is 0 Å². The Bertz CT molecular complexity index is 916. The van der Waals surface area contributed by atoms with Crippen molar-refractivity contribution in [2.24, 2.45) is 11.8 Å². The van der Waals surface area contributed by atoms with Gasteiger partial charge in [0.1, 0.15) is 11.6 Å². The first kappa shape index (κ1) is 19.0. The Morgan fingerprint density at radius 2 is 1.72 bits per heavy atom. The molecular formula is C26H32N2O. The van der Waals surface area contributed by atoms with E-state index in [0.29, 0.717) is 24.0 Å². The molecule has 0 N–H and O–H groups in total. The lowest BCUT2D eigenvalue weighted by atomic mass is 9.56. The number of hydrogen-bond acceptors (Lipinski definition) is 3. The highest BCUT2D eigenvalue weighted by Crippen LogP contribution is 2.52. The van der Waals surface area contributed by atoms with Crippen LogP contribution in [0.3, 0.4) is 0 Å². The van der Waals surface area contributed by atoms with Crippen molar-refractivity contribution in [2.75, 3.05) is 0 Å². The molecule has 0 amide bonds. The number of ketones is 1. The molecule has 0 spiro atoms. The van der Waals surface area contributed by atoms with Crippen LogP contribution in [0.1, 0.15) is 88.2 Å². The molecule has 29 heavy (non-hydrogen) atoms. The van der Waals surface area contributed by atoms with Gasteiger partial charge >= 0.3 is 0 Å². The number of benzene rings is 1. The number of rotatable bonds is 2. The first-order chi connectivity index (χ1) is 14.1. The smallest absolute Gasteiger partial charge is 0.136 e. The molecule has 152 valence electrons. The van der Waals surface area contributed by atoms with Crippen LogP contribution in [0.15, 0.2) is 30.3 Å². The van der Waals surface area contributed by atoms with Crippen molar-refractivity contribution in [3.63, 3.8) is 0 Å². The molecule has 3 aliphatic rings. The topological polar surface area (TPSA) is 42.9 Å². The van der Waals surface area contributed by atoms with Crippen LogP contribution in [0.2, 0.25) is 0 Å². The molecule has 0 bridgehead atoms. The lowest BCUT2D eigenvalue weighted by Gasteiger charge is -2.48. The lowest BCUT2D eigenvalue weighted by Crippen LogP contribution is -2.47. The van der Waals surface area contributed by atoms with Gasteiger partial charge in [0.15, 0.2) is 0 Å². The maximum Gasteiger partial charge on any atom is 0.136 e. The number of aromatic nitrogens is 2. The number of Topliss-reactive ketones (excluding diaryl/α,β-unsaturated/α-hetero) is 1. The van der Waals surface area contributed by atoms with E-state index < -0.39 is 0 Å². The van der Waals surface area contributed by atoms with E-state index in [1.54, 1.807) is 0 Å². The molecule has 2 fully saturated rings. The van der Waals surface area contributed by atoms with E-state index >= 15 is 0 Å². The van der Waals surface area contributed by atoms with E-state index in [9.17, 15) is 4.79 Å². The van der Waals surface area contributed by atoms with Crippen molar-refractivity contribution in [3.8, 4) is 11.3 Å². The van der Waals surface area contributed by atoms with Gasteiger partial charge in [-0.15, -0.1) is 0 Å².